The first-order valence-electron chi connectivity index (χ1n) is 2.94. The third-order valence-corrected chi connectivity index (χ3v) is 1.40. The maximum Gasteiger partial charge on any atom is 0.0793 e. The summed E-state index contributed by atoms with van der Waals surface area (Å²) in [6.07, 6.45) is 0.104. The lowest BCUT2D eigenvalue weighted by atomic mass is 10.1. The van der Waals surface area contributed by atoms with E-state index in [1.165, 1.54) is 0 Å². The van der Waals surface area contributed by atoms with E-state index >= 15 is 0 Å². The fourth-order valence-corrected chi connectivity index (χ4v) is 0.464. The van der Waals surface area contributed by atoms with Crippen molar-refractivity contribution in [3.8, 4) is 0 Å². The van der Waals surface area contributed by atoms with E-state index in [0.29, 0.717) is 5.92 Å². The molecule has 0 aliphatic rings. The van der Waals surface area contributed by atoms with Gasteiger partial charge in [0.15, 0.2) is 0 Å². The maximum absolute atomic E-state index is 5.58. The highest BCUT2D eigenvalue weighted by molar-refractivity contribution is 4.61. The number of nitrogens with one attached hydrogen (secondary N) is 1. The van der Waals surface area contributed by atoms with Crippen molar-refractivity contribution in [2.45, 2.75) is 13.1 Å². The third kappa shape index (κ3) is 2.26. The molecule has 0 amide bonds. The molecule has 0 radical (unpaired) electrons. The van der Waals surface area contributed by atoms with E-state index in [2.05, 4.69) is 18.0 Å². The van der Waals surface area contributed by atoms with Crippen LogP contribution in [0.4, 0.5) is 0 Å². The molecule has 2 unspecified atom stereocenters. The molecular weight excluding hydrogens is 102 g/mol. The number of quaternary nitrogens is 1. The maximum atomic E-state index is 5.58. The van der Waals surface area contributed by atoms with Gasteiger partial charge in [-0.2, -0.15) is 0 Å². The minimum absolute atomic E-state index is 0.104. The normalized spacial score (nSPS) is 18.0. The Labute approximate surface area is 50.4 Å². The Morgan fingerprint density at radius 2 is 2.25 bits per heavy atom. The first-order valence-corrected chi connectivity index (χ1v) is 2.94. The lowest BCUT2D eigenvalue weighted by molar-refractivity contribution is -0.379. The van der Waals surface area contributed by atoms with Gasteiger partial charge in [-0.05, 0) is 7.05 Å². The van der Waals surface area contributed by atoms with Gasteiger partial charge >= 0.3 is 0 Å². The van der Waals surface area contributed by atoms with Crippen LogP contribution in [0.15, 0.2) is 0 Å². The van der Waals surface area contributed by atoms with E-state index in [1.54, 1.807) is 0 Å². The number of hydrogen-bond donors (Lipinski definition) is 3. The first kappa shape index (κ1) is 7.88. The molecule has 6 N–H and O–H groups in total. The SMILES string of the molecule is CNC(N)C(C)C[NH3+]. The second-order valence-corrected chi connectivity index (χ2v) is 2.08. The third-order valence-electron chi connectivity index (χ3n) is 1.40. The Morgan fingerprint density at radius 1 is 1.75 bits per heavy atom. The van der Waals surface area contributed by atoms with Gasteiger partial charge in [-0.15, -0.1) is 0 Å². The van der Waals surface area contributed by atoms with Gasteiger partial charge in [-0.25, -0.2) is 0 Å². The molecular formula is C5H16N3+. The van der Waals surface area contributed by atoms with E-state index in [1.807, 2.05) is 7.05 Å². The molecule has 0 aliphatic heterocycles. The van der Waals surface area contributed by atoms with Gasteiger partial charge < -0.3 is 16.8 Å². The summed E-state index contributed by atoms with van der Waals surface area (Å²) in [6.45, 7) is 2.97. The predicted octanol–water partition coefficient (Wildman–Crippen LogP) is -1.63. The van der Waals surface area contributed by atoms with Crippen molar-refractivity contribution in [2.75, 3.05) is 13.6 Å². The van der Waals surface area contributed by atoms with Crippen LogP contribution in [0.3, 0.4) is 0 Å². The molecule has 0 spiro atoms. The summed E-state index contributed by atoms with van der Waals surface area (Å²) >= 11 is 0. The molecule has 0 bridgehead atoms. The van der Waals surface area contributed by atoms with Crippen molar-refractivity contribution in [3.63, 3.8) is 0 Å². The molecule has 0 saturated heterocycles. The topological polar surface area (TPSA) is 65.7 Å². The zero-order valence-electron chi connectivity index (χ0n) is 5.65. The summed E-state index contributed by atoms with van der Waals surface area (Å²) in [5.74, 6) is 0.472. The summed E-state index contributed by atoms with van der Waals surface area (Å²) in [5, 5.41) is 2.95. The monoisotopic (exact) mass is 118 g/mol. The van der Waals surface area contributed by atoms with Crippen LogP contribution in [0.1, 0.15) is 6.92 Å². The zero-order valence-corrected chi connectivity index (χ0v) is 5.65. The van der Waals surface area contributed by atoms with Crippen molar-refractivity contribution < 1.29 is 5.73 Å². The molecule has 0 aromatic rings. The summed E-state index contributed by atoms with van der Waals surface area (Å²) in [7, 11) is 1.86. The molecule has 0 heterocycles. The standard InChI is InChI=1S/C5H15N3/c1-4(3-6)5(7)8-2/h4-5,8H,3,6-7H2,1-2H3/p+1. The lowest BCUT2D eigenvalue weighted by Gasteiger charge is -2.14. The van der Waals surface area contributed by atoms with Crippen LogP contribution < -0.4 is 16.8 Å². The lowest BCUT2D eigenvalue weighted by Crippen LogP contribution is -2.58. The Kier molecular flexibility index (Phi) is 3.77. The van der Waals surface area contributed by atoms with Crippen LogP contribution in [0, 0.1) is 5.92 Å². The van der Waals surface area contributed by atoms with E-state index in [0.717, 1.165) is 6.54 Å². The Morgan fingerprint density at radius 3 is 2.38 bits per heavy atom. The zero-order chi connectivity index (χ0) is 6.57. The van der Waals surface area contributed by atoms with E-state index in [4.69, 9.17) is 5.73 Å². The van der Waals surface area contributed by atoms with Crippen LogP contribution >= 0.6 is 0 Å². The minimum Gasteiger partial charge on any atom is -0.357 e. The molecule has 0 fully saturated rings. The van der Waals surface area contributed by atoms with Gasteiger partial charge in [-0.1, -0.05) is 6.92 Å². The second-order valence-electron chi connectivity index (χ2n) is 2.08. The molecule has 3 heteroatoms. The van der Waals surface area contributed by atoms with Crippen molar-refractivity contribution >= 4 is 0 Å². The Balaban J connectivity index is 3.29. The van der Waals surface area contributed by atoms with Crippen molar-refractivity contribution in [3.05, 3.63) is 0 Å². The van der Waals surface area contributed by atoms with Gasteiger partial charge in [-0.3, -0.25) is 0 Å². The molecule has 8 heavy (non-hydrogen) atoms. The van der Waals surface area contributed by atoms with Crippen LogP contribution in [0.2, 0.25) is 0 Å². The number of nitrogens with two attached hydrogens (primary N) is 1. The summed E-state index contributed by atoms with van der Waals surface area (Å²) in [6, 6.07) is 0. The average Bonchev–Trinajstić information content (AvgIpc) is 1.84. The van der Waals surface area contributed by atoms with Crippen molar-refractivity contribution in [1.82, 2.24) is 5.32 Å². The highest BCUT2D eigenvalue weighted by atomic mass is 15.0. The average molecular weight is 118 g/mol. The number of hydrogen-bond acceptors (Lipinski definition) is 2. The van der Waals surface area contributed by atoms with E-state index < -0.39 is 0 Å². The minimum atomic E-state index is 0.104. The molecule has 0 saturated carbocycles. The Bertz CT molecular complexity index is 47.6. The molecule has 50 valence electrons. The van der Waals surface area contributed by atoms with Gasteiger partial charge in [0.05, 0.1) is 12.7 Å². The fourth-order valence-electron chi connectivity index (χ4n) is 0.464. The van der Waals surface area contributed by atoms with Crippen molar-refractivity contribution in [1.29, 1.82) is 0 Å². The van der Waals surface area contributed by atoms with Gasteiger partial charge in [0.2, 0.25) is 0 Å². The molecule has 0 aromatic carbocycles. The van der Waals surface area contributed by atoms with Crippen LogP contribution in [0.25, 0.3) is 0 Å². The van der Waals surface area contributed by atoms with Gasteiger partial charge in [0.25, 0.3) is 0 Å². The summed E-state index contributed by atoms with van der Waals surface area (Å²) in [4.78, 5) is 0. The summed E-state index contributed by atoms with van der Waals surface area (Å²) in [5.41, 5.74) is 9.31. The Hall–Kier alpha value is -0.120. The highest BCUT2D eigenvalue weighted by Crippen LogP contribution is 1.90. The smallest absolute Gasteiger partial charge is 0.0793 e. The molecule has 2 atom stereocenters. The van der Waals surface area contributed by atoms with E-state index in [-0.39, 0.29) is 6.17 Å². The molecule has 3 nitrogen and oxygen atoms in total. The van der Waals surface area contributed by atoms with Crippen LogP contribution in [-0.4, -0.2) is 19.8 Å². The quantitative estimate of drug-likeness (QED) is 0.389. The molecule has 0 aromatic heterocycles. The highest BCUT2D eigenvalue weighted by Gasteiger charge is 2.08. The van der Waals surface area contributed by atoms with Crippen molar-refractivity contribution in [2.24, 2.45) is 11.7 Å². The second kappa shape index (κ2) is 3.83. The van der Waals surface area contributed by atoms with Gasteiger partial charge in [0.1, 0.15) is 0 Å². The van der Waals surface area contributed by atoms with Crippen LogP contribution in [0.5, 0.6) is 0 Å². The van der Waals surface area contributed by atoms with Gasteiger partial charge in [0, 0.05) is 5.92 Å². The van der Waals surface area contributed by atoms with Crippen LogP contribution in [-0.2, 0) is 0 Å². The fraction of sp³-hybridized carbons (Fsp3) is 1.00. The molecule has 0 rings (SSSR count). The number of rotatable bonds is 3. The largest absolute Gasteiger partial charge is 0.357 e. The molecule has 0 aliphatic carbocycles. The predicted molar refractivity (Wildman–Crippen MR) is 34.0 cm³/mol. The van der Waals surface area contributed by atoms with E-state index in [9.17, 15) is 0 Å². The summed E-state index contributed by atoms with van der Waals surface area (Å²) < 4.78 is 0. The first-order chi connectivity index (χ1) is 3.72.